The maximum absolute atomic E-state index is 12.9. The van der Waals surface area contributed by atoms with Gasteiger partial charge in [-0.2, -0.15) is 0 Å². The van der Waals surface area contributed by atoms with Gasteiger partial charge in [-0.15, -0.1) is 0 Å². The maximum atomic E-state index is 12.9. The van der Waals surface area contributed by atoms with E-state index in [1.807, 2.05) is 0 Å². The number of hydrogen-bond donors (Lipinski definition) is 0. The van der Waals surface area contributed by atoms with Gasteiger partial charge in [0.15, 0.2) is 0 Å². The van der Waals surface area contributed by atoms with Crippen LogP contribution < -0.4 is 0 Å². The molecule has 0 bridgehead atoms. The van der Waals surface area contributed by atoms with Gasteiger partial charge in [0.1, 0.15) is 11.6 Å². The lowest BCUT2D eigenvalue weighted by molar-refractivity contribution is -0.122. The van der Waals surface area contributed by atoms with Crippen LogP contribution in [0.1, 0.15) is 25.3 Å². The number of likely N-dealkylation sites (tertiary alicyclic amines) is 1. The first-order valence-corrected chi connectivity index (χ1v) is 6.79. The number of hydrogen-bond acceptors (Lipinski definition) is 3. The lowest BCUT2D eigenvalue weighted by atomic mass is 9.95. The SMILES string of the molecule is CCOC(=O)N1CCC(=O)CC1Cc1ccc(F)cc1. The quantitative estimate of drug-likeness (QED) is 0.854. The van der Waals surface area contributed by atoms with E-state index in [9.17, 15) is 14.0 Å². The molecule has 1 heterocycles. The van der Waals surface area contributed by atoms with Crippen molar-refractivity contribution in [2.75, 3.05) is 13.2 Å². The van der Waals surface area contributed by atoms with Crippen LogP contribution in [0.4, 0.5) is 9.18 Å². The summed E-state index contributed by atoms with van der Waals surface area (Å²) in [5, 5.41) is 0. The number of carbonyl (C=O) groups excluding carboxylic acids is 2. The highest BCUT2D eigenvalue weighted by atomic mass is 19.1. The van der Waals surface area contributed by atoms with Gasteiger partial charge in [-0.05, 0) is 31.0 Å². The van der Waals surface area contributed by atoms with E-state index in [4.69, 9.17) is 4.74 Å². The van der Waals surface area contributed by atoms with Crippen molar-refractivity contribution in [1.82, 2.24) is 4.90 Å². The molecule has 108 valence electrons. The number of ether oxygens (including phenoxy) is 1. The third-order valence-corrected chi connectivity index (χ3v) is 3.42. The number of carbonyl (C=O) groups is 2. The van der Waals surface area contributed by atoms with Crippen molar-refractivity contribution < 1.29 is 18.7 Å². The van der Waals surface area contributed by atoms with Crippen LogP contribution in [0.3, 0.4) is 0 Å². The lowest BCUT2D eigenvalue weighted by Gasteiger charge is -2.34. The fourth-order valence-corrected chi connectivity index (χ4v) is 2.42. The minimum atomic E-state index is -0.382. The average Bonchev–Trinajstić information content (AvgIpc) is 2.42. The Balaban J connectivity index is 2.09. The molecule has 1 fully saturated rings. The predicted octanol–water partition coefficient (Wildman–Crippen LogP) is 2.56. The van der Waals surface area contributed by atoms with Crippen LogP contribution in [-0.2, 0) is 16.0 Å². The molecule has 1 aliphatic rings. The Kier molecular flexibility index (Phi) is 4.71. The van der Waals surface area contributed by atoms with Crippen molar-refractivity contribution in [3.8, 4) is 0 Å². The average molecular weight is 279 g/mol. The standard InChI is InChI=1S/C15H18FNO3/c1-2-20-15(19)17-8-7-14(18)10-13(17)9-11-3-5-12(16)6-4-11/h3-6,13H,2,7-10H2,1H3. The number of nitrogens with zero attached hydrogens (tertiary/aromatic N) is 1. The number of rotatable bonds is 3. The Bertz CT molecular complexity index is 486. The minimum absolute atomic E-state index is 0.151. The monoisotopic (exact) mass is 279 g/mol. The fraction of sp³-hybridized carbons (Fsp3) is 0.467. The zero-order chi connectivity index (χ0) is 14.5. The maximum Gasteiger partial charge on any atom is 0.410 e. The van der Waals surface area contributed by atoms with Crippen molar-refractivity contribution in [2.45, 2.75) is 32.2 Å². The van der Waals surface area contributed by atoms with Gasteiger partial charge in [-0.1, -0.05) is 12.1 Å². The molecule has 0 saturated carbocycles. The van der Waals surface area contributed by atoms with Crippen LogP contribution in [0.15, 0.2) is 24.3 Å². The van der Waals surface area contributed by atoms with Gasteiger partial charge in [0.05, 0.1) is 6.61 Å². The van der Waals surface area contributed by atoms with Crippen LogP contribution in [0.25, 0.3) is 0 Å². The summed E-state index contributed by atoms with van der Waals surface area (Å²) < 4.78 is 17.9. The third kappa shape index (κ3) is 3.56. The molecule has 0 aromatic heterocycles. The van der Waals surface area contributed by atoms with Gasteiger partial charge in [-0.25, -0.2) is 9.18 Å². The largest absolute Gasteiger partial charge is 0.450 e. The second-order valence-corrected chi connectivity index (χ2v) is 4.87. The van der Waals surface area contributed by atoms with Crippen molar-refractivity contribution in [3.05, 3.63) is 35.6 Å². The summed E-state index contributed by atoms with van der Waals surface area (Å²) in [6, 6.07) is 5.92. The molecule has 1 amide bonds. The van der Waals surface area contributed by atoms with Crippen LogP contribution in [-0.4, -0.2) is 36.0 Å². The molecule has 0 radical (unpaired) electrons. The molecule has 1 saturated heterocycles. The second kappa shape index (κ2) is 6.50. The first kappa shape index (κ1) is 14.5. The summed E-state index contributed by atoms with van der Waals surface area (Å²) in [6.07, 6.45) is 0.854. The summed E-state index contributed by atoms with van der Waals surface area (Å²) in [7, 11) is 0. The Hall–Kier alpha value is -1.91. The van der Waals surface area contributed by atoms with E-state index in [0.717, 1.165) is 5.56 Å². The first-order valence-electron chi connectivity index (χ1n) is 6.79. The molecule has 1 unspecified atom stereocenters. The number of amides is 1. The summed E-state index contributed by atoms with van der Waals surface area (Å²) in [6.45, 7) is 2.46. The summed E-state index contributed by atoms with van der Waals surface area (Å²) in [4.78, 5) is 25.1. The molecule has 0 aliphatic carbocycles. The van der Waals surface area contributed by atoms with Gasteiger partial charge in [0.25, 0.3) is 0 Å². The van der Waals surface area contributed by atoms with Crippen LogP contribution in [0.2, 0.25) is 0 Å². The highest BCUT2D eigenvalue weighted by molar-refractivity contribution is 5.82. The number of ketones is 1. The molecule has 2 rings (SSSR count). The third-order valence-electron chi connectivity index (χ3n) is 3.42. The number of Topliss-reactive ketones (excluding diaryl/α,β-unsaturated/α-hetero) is 1. The molecule has 1 aromatic carbocycles. The lowest BCUT2D eigenvalue weighted by Crippen LogP contribution is -2.47. The van der Waals surface area contributed by atoms with E-state index in [1.165, 1.54) is 12.1 Å². The first-order chi connectivity index (χ1) is 9.60. The van der Waals surface area contributed by atoms with Gasteiger partial charge >= 0.3 is 6.09 Å². The summed E-state index contributed by atoms with van der Waals surface area (Å²) in [5.74, 6) is -0.145. The van der Waals surface area contributed by atoms with Gasteiger partial charge in [-0.3, -0.25) is 4.79 Å². The van der Waals surface area contributed by atoms with Crippen molar-refractivity contribution in [2.24, 2.45) is 0 Å². The molecule has 1 atom stereocenters. The zero-order valence-corrected chi connectivity index (χ0v) is 11.5. The minimum Gasteiger partial charge on any atom is -0.450 e. The topological polar surface area (TPSA) is 46.6 Å². The number of halogens is 1. The van der Waals surface area contributed by atoms with Crippen LogP contribution >= 0.6 is 0 Å². The fourth-order valence-electron chi connectivity index (χ4n) is 2.42. The van der Waals surface area contributed by atoms with Gasteiger partial charge < -0.3 is 9.64 Å². The summed E-state index contributed by atoms with van der Waals surface area (Å²) in [5.41, 5.74) is 0.903. The normalized spacial score (nSPS) is 19.0. The Morgan fingerprint density at radius 3 is 2.75 bits per heavy atom. The number of piperidine rings is 1. The van der Waals surface area contributed by atoms with E-state index >= 15 is 0 Å². The van der Waals surface area contributed by atoms with E-state index in [2.05, 4.69) is 0 Å². The molecule has 20 heavy (non-hydrogen) atoms. The van der Waals surface area contributed by atoms with Gasteiger partial charge in [0, 0.05) is 25.4 Å². The van der Waals surface area contributed by atoms with E-state index in [0.29, 0.717) is 32.4 Å². The molecular formula is C15H18FNO3. The molecule has 0 N–H and O–H groups in total. The van der Waals surface area contributed by atoms with E-state index in [1.54, 1.807) is 24.0 Å². The van der Waals surface area contributed by atoms with Crippen LogP contribution in [0.5, 0.6) is 0 Å². The van der Waals surface area contributed by atoms with Gasteiger partial charge in [0.2, 0.25) is 0 Å². The highest BCUT2D eigenvalue weighted by Crippen LogP contribution is 2.20. The van der Waals surface area contributed by atoms with Crippen molar-refractivity contribution >= 4 is 11.9 Å². The highest BCUT2D eigenvalue weighted by Gasteiger charge is 2.31. The Morgan fingerprint density at radius 2 is 2.10 bits per heavy atom. The number of benzene rings is 1. The van der Waals surface area contributed by atoms with E-state index in [-0.39, 0.29) is 23.7 Å². The molecule has 1 aromatic rings. The van der Waals surface area contributed by atoms with Crippen molar-refractivity contribution in [1.29, 1.82) is 0 Å². The predicted molar refractivity (Wildman–Crippen MR) is 71.9 cm³/mol. The molecular weight excluding hydrogens is 261 g/mol. The molecule has 5 heteroatoms. The molecule has 4 nitrogen and oxygen atoms in total. The zero-order valence-electron chi connectivity index (χ0n) is 11.5. The summed E-state index contributed by atoms with van der Waals surface area (Å²) >= 11 is 0. The smallest absolute Gasteiger partial charge is 0.410 e. The molecule has 0 spiro atoms. The Labute approximate surface area is 117 Å². The van der Waals surface area contributed by atoms with Crippen LogP contribution in [0, 0.1) is 5.82 Å². The van der Waals surface area contributed by atoms with Crippen molar-refractivity contribution in [3.63, 3.8) is 0 Å². The second-order valence-electron chi connectivity index (χ2n) is 4.87. The molecule has 1 aliphatic heterocycles. The van der Waals surface area contributed by atoms with E-state index < -0.39 is 0 Å². The Morgan fingerprint density at radius 1 is 1.40 bits per heavy atom.